The number of carbonyl (C=O) groups excluding carboxylic acids is 1. The Balaban J connectivity index is 1.74. The number of carbonyl (C=O) groups is 1. The largest absolute Gasteiger partial charge is 0.493 e. The predicted molar refractivity (Wildman–Crippen MR) is 139 cm³/mol. The summed E-state index contributed by atoms with van der Waals surface area (Å²) < 4.78 is 5.49. The lowest BCUT2D eigenvalue weighted by molar-refractivity contribution is 0.102. The molecule has 1 aliphatic heterocycles. The molecule has 0 spiro atoms. The van der Waals surface area contributed by atoms with Crippen LogP contribution in [0.2, 0.25) is 0 Å². The molecule has 35 heavy (non-hydrogen) atoms. The molecule has 1 fully saturated rings. The second kappa shape index (κ2) is 10.1. The molecule has 3 heterocycles. The number of aryl methyl sites for hydroxylation is 2. The van der Waals surface area contributed by atoms with Gasteiger partial charge in [0.05, 0.1) is 24.3 Å². The molecule has 1 amide bonds. The van der Waals surface area contributed by atoms with E-state index >= 15 is 0 Å². The van der Waals surface area contributed by atoms with Gasteiger partial charge in [-0.05, 0) is 61.2 Å². The Labute approximate surface area is 204 Å². The van der Waals surface area contributed by atoms with Gasteiger partial charge in [-0.2, -0.15) is 5.10 Å². The summed E-state index contributed by atoms with van der Waals surface area (Å²) in [7, 11) is 1.79. The van der Waals surface area contributed by atoms with Crippen LogP contribution in [0.25, 0.3) is 16.5 Å². The van der Waals surface area contributed by atoms with Gasteiger partial charge >= 0.3 is 0 Å². The molecule has 0 saturated carbocycles. The van der Waals surface area contributed by atoms with Crippen molar-refractivity contribution in [3.63, 3.8) is 0 Å². The Morgan fingerprint density at radius 1 is 1.23 bits per heavy atom. The number of hydrogen-bond acceptors (Lipinski definition) is 8. The molecule has 1 aromatic carbocycles. The Kier molecular flexibility index (Phi) is 6.97. The van der Waals surface area contributed by atoms with E-state index in [4.69, 9.17) is 4.74 Å². The van der Waals surface area contributed by atoms with Gasteiger partial charge in [0.25, 0.3) is 5.91 Å². The number of aromatic nitrogens is 2. The quantitative estimate of drug-likeness (QED) is 0.412. The van der Waals surface area contributed by atoms with E-state index in [0.717, 1.165) is 27.6 Å². The number of nitrogens with one attached hydrogen (secondary N) is 1. The van der Waals surface area contributed by atoms with E-state index < -0.39 is 0 Å². The van der Waals surface area contributed by atoms with Crippen molar-refractivity contribution < 1.29 is 14.6 Å². The average Bonchev–Trinajstić information content (AvgIpc) is 2.84. The molecular weight excluding hydrogens is 444 g/mol. The van der Waals surface area contributed by atoms with Gasteiger partial charge < -0.3 is 20.1 Å². The Bertz CT molecular complexity index is 1310. The van der Waals surface area contributed by atoms with Gasteiger partial charge in [-0.3, -0.25) is 9.80 Å². The zero-order chi connectivity index (χ0) is 25.1. The van der Waals surface area contributed by atoms with E-state index in [1.807, 2.05) is 45.2 Å². The first-order chi connectivity index (χ1) is 16.8. The SMILES string of the molecule is C=NN(C)/C=C(\C)c1cnc(N2CCOCC2)c(C(=O)Nc2cc3c(C)cc(O)nc3cc2C)c1. The van der Waals surface area contributed by atoms with Gasteiger partial charge in [-0.25, -0.2) is 9.97 Å². The summed E-state index contributed by atoms with van der Waals surface area (Å²) in [5.41, 5.74) is 5.27. The van der Waals surface area contributed by atoms with Crippen molar-refractivity contribution in [2.75, 3.05) is 43.6 Å². The molecule has 1 saturated heterocycles. The van der Waals surface area contributed by atoms with Gasteiger partial charge in [0, 0.05) is 56.4 Å². The van der Waals surface area contributed by atoms with Gasteiger partial charge in [-0.15, -0.1) is 0 Å². The number of ether oxygens (including phenoxy) is 1. The molecule has 0 atom stereocenters. The normalized spacial score (nSPS) is 14.2. The zero-order valence-corrected chi connectivity index (χ0v) is 20.5. The number of fused-ring (bicyclic) bond motifs is 1. The third-order valence-electron chi connectivity index (χ3n) is 6.08. The van der Waals surface area contributed by atoms with Crippen molar-refractivity contribution in [3.8, 4) is 5.88 Å². The first kappa shape index (κ1) is 24.2. The Morgan fingerprint density at radius 2 is 1.97 bits per heavy atom. The summed E-state index contributed by atoms with van der Waals surface area (Å²) in [6.45, 7) is 11.8. The maximum absolute atomic E-state index is 13.6. The van der Waals surface area contributed by atoms with Crippen LogP contribution < -0.4 is 10.2 Å². The lowest BCUT2D eigenvalue weighted by Gasteiger charge is -2.29. The zero-order valence-electron chi connectivity index (χ0n) is 20.5. The van der Waals surface area contributed by atoms with Crippen molar-refractivity contribution in [1.29, 1.82) is 0 Å². The highest BCUT2D eigenvalue weighted by Gasteiger charge is 2.22. The van der Waals surface area contributed by atoms with Crippen LogP contribution in [0, 0.1) is 13.8 Å². The van der Waals surface area contributed by atoms with Crippen LogP contribution in [0.3, 0.4) is 0 Å². The number of allylic oxidation sites excluding steroid dienone is 1. The first-order valence-corrected chi connectivity index (χ1v) is 11.4. The molecule has 0 bridgehead atoms. The third-order valence-corrected chi connectivity index (χ3v) is 6.08. The van der Waals surface area contributed by atoms with Crippen LogP contribution in [0.1, 0.15) is 34.0 Å². The second-order valence-electron chi connectivity index (χ2n) is 8.66. The van der Waals surface area contributed by atoms with Crippen molar-refractivity contribution in [1.82, 2.24) is 15.0 Å². The van der Waals surface area contributed by atoms with E-state index in [1.54, 1.807) is 24.3 Å². The van der Waals surface area contributed by atoms with Crippen molar-refractivity contribution >= 4 is 40.6 Å². The average molecular weight is 475 g/mol. The number of amides is 1. The highest BCUT2D eigenvalue weighted by Crippen LogP contribution is 2.29. The van der Waals surface area contributed by atoms with E-state index in [1.165, 1.54) is 0 Å². The van der Waals surface area contributed by atoms with Crippen molar-refractivity contribution in [2.24, 2.45) is 5.10 Å². The summed E-state index contributed by atoms with van der Waals surface area (Å²) in [4.78, 5) is 24.6. The number of benzene rings is 1. The highest BCUT2D eigenvalue weighted by molar-refractivity contribution is 6.09. The number of aromatic hydroxyl groups is 1. The van der Waals surface area contributed by atoms with Crippen molar-refractivity contribution in [2.45, 2.75) is 20.8 Å². The predicted octanol–water partition coefficient (Wildman–Crippen LogP) is 3.95. The minimum atomic E-state index is -0.254. The Morgan fingerprint density at radius 3 is 2.69 bits per heavy atom. The first-order valence-electron chi connectivity index (χ1n) is 11.4. The smallest absolute Gasteiger partial charge is 0.259 e. The molecule has 4 rings (SSSR count). The van der Waals surface area contributed by atoms with Crippen LogP contribution in [0.4, 0.5) is 11.5 Å². The third kappa shape index (κ3) is 5.25. The molecule has 0 radical (unpaired) electrons. The number of morpholine rings is 1. The molecule has 9 nitrogen and oxygen atoms in total. The number of rotatable bonds is 6. The summed E-state index contributed by atoms with van der Waals surface area (Å²) in [5.74, 6) is 0.347. The van der Waals surface area contributed by atoms with Gasteiger partial charge in [-0.1, -0.05) is 0 Å². The fourth-order valence-electron chi connectivity index (χ4n) is 4.12. The van der Waals surface area contributed by atoms with Crippen LogP contribution in [0.5, 0.6) is 5.88 Å². The molecule has 0 unspecified atom stereocenters. The van der Waals surface area contributed by atoms with E-state index in [2.05, 4.69) is 32.0 Å². The molecule has 3 aromatic rings. The van der Waals surface area contributed by atoms with Crippen LogP contribution >= 0.6 is 0 Å². The van der Waals surface area contributed by atoms with Crippen LogP contribution in [0.15, 0.2) is 41.8 Å². The molecule has 1 aliphatic rings. The molecule has 2 aromatic heterocycles. The van der Waals surface area contributed by atoms with E-state index in [9.17, 15) is 9.90 Å². The van der Waals surface area contributed by atoms with Gasteiger partial charge in [0.2, 0.25) is 5.88 Å². The number of pyridine rings is 2. The number of anilines is 2. The summed E-state index contributed by atoms with van der Waals surface area (Å²) >= 11 is 0. The summed E-state index contributed by atoms with van der Waals surface area (Å²) in [6, 6.07) is 7.22. The topological polar surface area (TPSA) is 103 Å². The number of hydrogen-bond donors (Lipinski definition) is 2. The molecule has 2 N–H and O–H groups in total. The number of nitrogens with zero attached hydrogens (tertiary/aromatic N) is 5. The minimum Gasteiger partial charge on any atom is -0.493 e. The van der Waals surface area contributed by atoms with Crippen LogP contribution in [-0.2, 0) is 4.74 Å². The fraction of sp³-hybridized carbons (Fsp3) is 0.308. The van der Waals surface area contributed by atoms with Gasteiger partial charge in [0.1, 0.15) is 5.82 Å². The second-order valence-corrected chi connectivity index (χ2v) is 8.66. The lowest BCUT2D eigenvalue weighted by Crippen LogP contribution is -2.38. The lowest BCUT2D eigenvalue weighted by atomic mass is 10.0. The van der Waals surface area contributed by atoms with Crippen molar-refractivity contribution in [3.05, 3.63) is 58.9 Å². The van der Waals surface area contributed by atoms with Gasteiger partial charge in [0.15, 0.2) is 0 Å². The standard InChI is InChI=1S/C26H30N6O3/c1-16-11-24(33)29-23-10-17(2)22(13-20(16)23)30-26(34)21-12-19(18(3)15-31(5)27-4)14-28-25(21)32-6-8-35-9-7-32/h10-15H,4,6-9H2,1-3,5H3,(H,29,33)(H,30,34)/b18-15+. The Hall–Kier alpha value is -3.98. The molecular formula is C26H30N6O3. The fourth-order valence-corrected chi connectivity index (χ4v) is 4.12. The van der Waals surface area contributed by atoms with Crippen LogP contribution in [-0.4, -0.2) is 66.1 Å². The van der Waals surface area contributed by atoms with E-state index in [-0.39, 0.29) is 11.8 Å². The maximum atomic E-state index is 13.6. The summed E-state index contributed by atoms with van der Waals surface area (Å²) in [5, 5.41) is 19.3. The van der Waals surface area contributed by atoms with E-state index in [0.29, 0.717) is 48.9 Å². The molecule has 182 valence electrons. The maximum Gasteiger partial charge on any atom is 0.259 e. The number of hydrazone groups is 1. The molecule has 0 aliphatic carbocycles. The summed E-state index contributed by atoms with van der Waals surface area (Å²) in [6.07, 6.45) is 3.60. The monoisotopic (exact) mass is 474 g/mol. The highest BCUT2D eigenvalue weighted by atomic mass is 16.5. The molecule has 9 heteroatoms. The minimum absolute atomic E-state index is 0.0232.